The Hall–Kier alpha value is -2.55. The molecular formula is C24H27Cl2N5O2S. The molecule has 0 unspecified atom stereocenters. The number of nitrogens with zero attached hydrogens (tertiary/aromatic N) is 3. The summed E-state index contributed by atoms with van der Waals surface area (Å²) in [5, 5.41) is 15.8. The van der Waals surface area contributed by atoms with Crippen molar-refractivity contribution in [3.63, 3.8) is 0 Å². The van der Waals surface area contributed by atoms with E-state index < -0.39 is 0 Å². The number of rotatable bonds is 9. The van der Waals surface area contributed by atoms with Crippen LogP contribution in [0.2, 0.25) is 10.0 Å². The maximum absolute atomic E-state index is 12.9. The molecule has 2 amide bonds. The van der Waals surface area contributed by atoms with Crippen LogP contribution in [0.4, 0.5) is 5.69 Å². The summed E-state index contributed by atoms with van der Waals surface area (Å²) in [6.07, 6.45) is 0.654. The van der Waals surface area contributed by atoms with Gasteiger partial charge in [0.25, 0.3) is 5.91 Å². The Labute approximate surface area is 213 Å². The van der Waals surface area contributed by atoms with Crippen molar-refractivity contribution in [3.05, 3.63) is 69.5 Å². The lowest BCUT2D eigenvalue weighted by Gasteiger charge is -2.20. The van der Waals surface area contributed by atoms with E-state index in [1.807, 2.05) is 42.8 Å². The van der Waals surface area contributed by atoms with Gasteiger partial charge in [-0.15, -0.1) is 10.2 Å². The number of nitrogens with one attached hydrogen (secondary N) is 2. The molecule has 0 spiro atoms. The van der Waals surface area contributed by atoms with Crippen molar-refractivity contribution >= 4 is 52.5 Å². The molecule has 180 valence electrons. The molecule has 2 N–H and O–H groups in total. The predicted octanol–water partition coefficient (Wildman–Crippen LogP) is 5.68. The number of hydrogen-bond donors (Lipinski definition) is 2. The molecule has 34 heavy (non-hydrogen) atoms. The van der Waals surface area contributed by atoms with Crippen LogP contribution in [0.3, 0.4) is 0 Å². The SMILES string of the molecule is Cc1ccccc1NC(=O)CSc1nnc([C@H](CC(C)C)NC(=O)c2ccc(Cl)cc2Cl)n1C. The van der Waals surface area contributed by atoms with E-state index in [4.69, 9.17) is 23.2 Å². The molecule has 0 saturated heterocycles. The van der Waals surface area contributed by atoms with Crippen molar-refractivity contribution in [2.45, 2.75) is 38.4 Å². The fourth-order valence-corrected chi connectivity index (χ4v) is 4.61. The number of carbonyl (C=O) groups excluding carboxylic acids is 2. The molecule has 0 bridgehead atoms. The molecular weight excluding hydrogens is 493 g/mol. The maximum atomic E-state index is 12.9. The molecule has 0 aliphatic rings. The van der Waals surface area contributed by atoms with E-state index in [2.05, 4.69) is 34.7 Å². The zero-order valence-electron chi connectivity index (χ0n) is 19.4. The normalized spacial score (nSPS) is 12.0. The van der Waals surface area contributed by atoms with E-state index in [1.54, 1.807) is 12.1 Å². The first-order valence-corrected chi connectivity index (χ1v) is 12.5. The number of amides is 2. The molecule has 1 atom stereocenters. The third-order valence-electron chi connectivity index (χ3n) is 5.12. The van der Waals surface area contributed by atoms with Crippen molar-refractivity contribution < 1.29 is 9.59 Å². The van der Waals surface area contributed by atoms with Crippen LogP contribution < -0.4 is 10.6 Å². The molecule has 1 heterocycles. The van der Waals surface area contributed by atoms with Crippen molar-refractivity contribution in [3.8, 4) is 0 Å². The minimum Gasteiger partial charge on any atom is -0.342 e. The third kappa shape index (κ3) is 6.74. The number of anilines is 1. The molecule has 0 saturated carbocycles. The predicted molar refractivity (Wildman–Crippen MR) is 138 cm³/mol. The van der Waals surface area contributed by atoms with Gasteiger partial charge in [-0.1, -0.05) is 67.0 Å². The lowest BCUT2D eigenvalue weighted by Crippen LogP contribution is -2.31. The number of thioether (sulfide) groups is 1. The molecule has 10 heteroatoms. The number of para-hydroxylation sites is 1. The van der Waals surface area contributed by atoms with Crippen LogP contribution in [0.15, 0.2) is 47.6 Å². The Kier molecular flexibility index (Phi) is 8.99. The van der Waals surface area contributed by atoms with Crippen LogP contribution >= 0.6 is 35.0 Å². The van der Waals surface area contributed by atoms with Gasteiger partial charge in [0.2, 0.25) is 5.91 Å². The van der Waals surface area contributed by atoms with Gasteiger partial charge in [0, 0.05) is 17.8 Å². The Morgan fingerprint density at radius 3 is 2.53 bits per heavy atom. The summed E-state index contributed by atoms with van der Waals surface area (Å²) in [7, 11) is 1.83. The number of benzene rings is 2. The summed E-state index contributed by atoms with van der Waals surface area (Å²) in [6.45, 7) is 6.07. The van der Waals surface area contributed by atoms with E-state index in [9.17, 15) is 9.59 Å². The van der Waals surface area contributed by atoms with Crippen LogP contribution in [0.5, 0.6) is 0 Å². The summed E-state index contributed by atoms with van der Waals surface area (Å²) in [6, 6.07) is 12.0. The molecule has 0 aliphatic carbocycles. The van der Waals surface area contributed by atoms with Gasteiger partial charge in [-0.3, -0.25) is 9.59 Å². The van der Waals surface area contributed by atoms with Crippen LogP contribution in [-0.2, 0) is 11.8 Å². The smallest absolute Gasteiger partial charge is 0.253 e. The van der Waals surface area contributed by atoms with E-state index in [1.165, 1.54) is 17.8 Å². The Morgan fingerprint density at radius 2 is 1.85 bits per heavy atom. The average molecular weight is 520 g/mol. The second kappa shape index (κ2) is 11.7. The summed E-state index contributed by atoms with van der Waals surface area (Å²) >= 11 is 13.5. The van der Waals surface area contributed by atoms with Gasteiger partial charge in [-0.05, 0) is 49.1 Å². The number of aryl methyl sites for hydroxylation is 1. The molecule has 0 radical (unpaired) electrons. The van der Waals surface area contributed by atoms with Gasteiger partial charge in [-0.2, -0.15) is 0 Å². The van der Waals surface area contributed by atoms with Gasteiger partial charge in [0.05, 0.1) is 22.4 Å². The number of halogens is 2. The Morgan fingerprint density at radius 1 is 1.12 bits per heavy atom. The fraction of sp³-hybridized carbons (Fsp3) is 0.333. The monoisotopic (exact) mass is 519 g/mol. The highest BCUT2D eigenvalue weighted by molar-refractivity contribution is 7.99. The number of carbonyl (C=O) groups is 2. The lowest BCUT2D eigenvalue weighted by atomic mass is 10.0. The van der Waals surface area contributed by atoms with Crippen molar-refractivity contribution in [2.75, 3.05) is 11.1 Å². The van der Waals surface area contributed by atoms with Crippen LogP contribution in [0.1, 0.15) is 48.1 Å². The van der Waals surface area contributed by atoms with Gasteiger partial charge in [0.15, 0.2) is 11.0 Å². The highest BCUT2D eigenvalue weighted by Crippen LogP contribution is 2.26. The van der Waals surface area contributed by atoms with E-state index in [-0.39, 0.29) is 28.6 Å². The lowest BCUT2D eigenvalue weighted by molar-refractivity contribution is -0.113. The summed E-state index contributed by atoms with van der Waals surface area (Å²) in [5.41, 5.74) is 2.12. The van der Waals surface area contributed by atoms with Crippen LogP contribution in [0.25, 0.3) is 0 Å². The van der Waals surface area contributed by atoms with Gasteiger partial charge < -0.3 is 15.2 Å². The Bertz CT molecular complexity index is 1180. The van der Waals surface area contributed by atoms with E-state index in [0.717, 1.165) is 11.3 Å². The highest BCUT2D eigenvalue weighted by Gasteiger charge is 2.24. The molecule has 0 fully saturated rings. The third-order valence-corrected chi connectivity index (χ3v) is 6.69. The first-order valence-electron chi connectivity index (χ1n) is 10.8. The minimum absolute atomic E-state index is 0.131. The quantitative estimate of drug-likeness (QED) is 0.355. The summed E-state index contributed by atoms with van der Waals surface area (Å²) in [5.74, 6) is 0.630. The van der Waals surface area contributed by atoms with Gasteiger partial charge in [-0.25, -0.2) is 0 Å². The van der Waals surface area contributed by atoms with Crippen molar-refractivity contribution in [2.24, 2.45) is 13.0 Å². The van der Waals surface area contributed by atoms with Gasteiger partial charge >= 0.3 is 0 Å². The second-order valence-corrected chi connectivity index (χ2v) is 10.1. The van der Waals surface area contributed by atoms with Crippen molar-refractivity contribution in [1.29, 1.82) is 0 Å². The summed E-state index contributed by atoms with van der Waals surface area (Å²) in [4.78, 5) is 25.3. The Balaban J connectivity index is 1.71. The molecule has 1 aromatic heterocycles. The van der Waals surface area contributed by atoms with Crippen LogP contribution in [0, 0.1) is 12.8 Å². The maximum Gasteiger partial charge on any atom is 0.253 e. The standard InChI is InChI=1S/C24H27Cl2N5O2S/c1-14(2)11-20(28-23(33)17-10-9-16(25)12-18(17)26)22-29-30-24(31(22)4)34-13-21(32)27-19-8-6-5-7-15(19)3/h5-10,12,14,20H,11,13H2,1-4H3,(H,27,32)(H,28,33)/t20-/m0/s1. The van der Waals surface area contributed by atoms with Gasteiger partial charge in [0.1, 0.15) is 0 Å². The highest BCUT2D eigenvalue weighted by atomic mass is 35.5. The molecule has 7 nitrogen and oxygen atoms in total. The largest absolute Gasteiger partial charge is 0.342 e. The average Bonchev–Trinajstić information content (AvgIpc) is 3.13. The van der Waals surface area contributed by atoms with Crippen LogP contribution in [-0.4, -0.2) is 32.3 Å². The zero-order chi connectivity index (χ0) is 24.8. The number of hydrogen-bond acceptors (Lipinski definition) is 5. The topological polar surface area (TPSA) is 88.9 Å². The fourth-order valence-electron chi connectivity index (χ4n) is 3.39. The second-order valence-electron chi connectivity index (χ2n) is 8.33. The van der Waals surface area contributed by atoms with E-state index in [0.29, 0.717) is 33.9 Å². The van der Waals surface area contributed by atoms with Crippen molar-refractivity contribution in [1.82, 2.24) is 20.1 Å². The minimum atomic E-state index is -0.383. The first kappa shape index (κ1) is 26.1. The molecule has 3 aromatic rings. The molecule has 2 aromatic carbocycles. The molecule has 0 aliphatic heterocycles. The first-order chi connectivity index (χ1) is 16.2. The zero-order valence-corrected chi connectivity index (χ0v) is 21.8. The molecule has 3 rings (SSSR count). The van der Waals surface area contributed by atoms with E-state index >= 15 is 0 Å². The number of aromatic nitrogens is 3. The summed E-state index contributed by atoms with van der Waals surface area (Å²) < 4.78 is 1.81.